The molecular weight excluding hydrogens is 291 g/mol. The van der Waals surface area contributed by atoms with Gasteiger partial charge in [-0.3, -0.25) is 4.90 Å². The number of hydrogen-bond donors (Lipinski definition) is 1. The van der Waals surface area contributed by atoms with Crippen LogP contribution in [0, 0.1) is 0 Å². The maximum Gasteiger partial charge on any atom is 0.401 e. The lowest BCUT2D eigenvalue weighted by Gasteiger charge is -2.42. The van der Waals surface area contributed by atoms with Gasteiger partial charge in [-0.2, -0.15) is 13.2 Å². The maximum absolute atomic E-state index is 12.8. The fourth-order valence-electron chi connectivity index (χ4n) is 3.37. The molecule has 1 aromatic rings. The summed E-state index contributed by atoms with van der Waals surface area (Å²) in [6.07, 6.45) is -2.87. The highest BCUT2D eigenvalue weighted by Crippen LogP contribution is 2.46. The van der Waals surface area contributed by atoms with E-state index in [0.29, 0.717) is 23.7 Å². The summed E-state index contributed by atoms with van der Waals surface area (Å²) in [6.45, 7) is 0.753. The molecule has 7 heteroatoms. The first-order valence-electron chi connectivity index (χ1n) is 6.59. The molecule has 0 unspecified atom stereocenters. The highest BCUT2D eigenvalue weighted by atomic mass is 35.5. The van der Waals surface area contributed by atoms with Crippen LogP contribution in [0.15, 0.2) is 12.1 Å². The predicted octanol–water partition coefficient (Wildman–Crippen LogP) is 2.69. The largest absolute Gasteiger partial charge is 0.401 e. The minimum atomic E-state index is -4.20. The van der Waals surface area contributed by atoms with Crippen molar-refractivity contribution in [3.8, 4) is 0 Å². The van der Waals surface area contributed by atoms with Gasteiger partial charge < -0.3 is 5.32 Å². The second kappa shape index (κ2) is 4.86. The first-order chi connectivity index (χ1) is 9.41. The number of fused-ring (bicyclic) bond motifs is 2. The molecule has 2 aliphatic rings. The van der Waals surface area contributed by atoms with Gasteiger partial charge in [0.25, 0.3) is 0 Å². The van der Waals surface area contributed by atoms with E-state index in [4.69, 9.17) is 11.6 Å². The molecule has 1 spiro atoms. The van der Waals surface area contributed by atoms with Crippen molar-refractivity contribution >= 4 is 11.6 Å². The minimum absolute atomic E-state index is 0.218. The molecule has 0 radical (unpaired) electrons. The number of piperidine rings is 1. The Balaban J connectivity index is 2.00. The van der Waals surface area contributed by atoms with Gasteiger partial charge in [-0.1, -0.05) is 17.7 Å². The third-order valence-electron chi connectivity index (χ3n) is 4.19. The average molecular weight is 306 g/mol. The lowest BCUT2D eigenvalue weighted by atomic mass is 9.82. The molecule has 3 nitrogen and oxygen atoms in total. The monoisotopic (exact) mass is 305 g/mol. The van der Waals surface area contributed by atoms with Gasteiger partial charge in [0.1, 0.15) is 5.15 Å². The van der Waals surface area contributed by atoms with E-state index in [0.717, 1.165) is 18.7 Å². The van der Waals surface area contributed by atoms with Crippen LogP contribution in [0.2, 0.25) is 5.15 Å². The zero-order chi connectivity index (χ0) is 14.4. The van der Waals surface area contributed by atoms with Crippen molar-refractivity contribution in [2.24, 2.45) is 0 Å². The van der Waals surface area contributed by atoms with Gasteiger partial charge in [-0.25, -0.2) is 4.98 Å². The second-order valence-electron chi connectivity index (χ2n) is 5.38. The Morgan fingerprint density at radius 1 is 1.30 bits per heavy atom. The van der Waals surface area contributed by atoms with Crippen LogP contribution in [-0.4, -0.2) is 35.7 Å². The van der Waals surface area contributed by atoms with Gasteiger partial charge in [0.2, 0.25) is 0 Å². The molecule has 110 valence electrons. The van der Waals surface area contributed by atoms with Crippen molar-refractivity contribution in [3.05, 3.63) is 28.5 Å². The van der Waals surface area contributed by atoms with Crippen molar-refractivity contribution in [2.75, 3.05) is 19.6 Å². The molecule has 0 saturated carbocycles. The van der Waals surface area contributed by atoms with Gasteiger partial charge in [-0.05, 0) is 37.6 Å². The molecule has 2 aliphatic heterocycles. The Kier molecular flexibility index (Phi) is 3.43. The fraction of sp³-hybridized carbons (Fsp3) is 0.615. The van der Waals surface area contributed by atoms with Crippen LogP contribution in [0.5, 0.6) is 0 Å². The molecule has 0 aromatic carbocycles. The van der Waals surface area contributed by atoms with Crippen LogP contribution >= 0.6 is 11.6 Å². The van der Waals surface area contributed by atoms with Crippen LogP contribution in [0.4, 0.5) is 13.2 Å². The van der Waals surface area contributed by atoms with Gasteiger partial charge >= 0.3 is 6.18 Å². The van der Waals surface area contributed by atoms with Crippen molar-refractivity contribution in [1.82, 2.24) is 15.2 Å². The number of halogens is 4. The van der Waals surface area contributed by atoms with Crippen LogP contribution in [0.3, 0.4) is 0 Å². The quantitative estimate of drug-likeness (QED) is 0.809. The Labute approximate surface area is 120 Å². The molecule has 0 aliphatic carbocycles. The zero-order valence-corrected chi connectivity index (χ0v) is 11.6. The molecule has 20 heavy (non-hydrogen) atoms. The minimum Gasteiger partial charge on any atom is -0.317 e. The van der Waals surface area contributed by atoms with Crippen molar-refractivity contribution < 1.29 is 13.2 Å². The normalized spacial score (nSPS) is 22.2. The molecule has 0 bridgehead atoms. The molecule has 0 amide bonds. The highest BCUT2D eigenvalue weighted by molar-refractivity contribution is 6.29. The third-order valence-corrected chi connectivity index (χ3v) is 4.40. The van der Waals surface area contributed by atoms with Crippen molar-refractivity contribution in [2.45, 2.75) is 31.1 Å². The molecule has 0 atom stereocenters. The molecule has 1 saturated heterocycles. The van der Waals surface area contributed by atoms with Gasteiger partial charge in [-0.15, -0.1) is 0 Å². The summed E-state index contributed by atoms with van der Waals surface area (Å²) >= 11 is 5.87. The van der Waals surface area contributed by atoms with Crippen molar-refractivity contribution in [1.29, 1.82) is 0 Å². The van der Waals surface area contributed by atoms with E-state index in [9.17, 15) is 13.2 Å². The summed E-state index contributed by atoms with van der Waals surface area (Å²) < 4.78 is 38.5. The van der Waals surface area contributed by atoms with E-state index in [1.54, 1.807) is 6.07 Å². The number of hydrogen-bond acceptors (Lipinski definition) is 3. The van der Waals surface area contributed by atoms with E-state index < -0.39 is 18.3 Å². The van der Waals surface area contributed by atoms with E-state index >= 15 is 0 Å². The first-order valence-corrected chi connectivity index (χ1v) is 6.97. The second-order valence-corrected chi connectivity index (χ2v) is 5.77. The van der Waals surface area contributed by atoms with E-state index in [1.807, 2.05) is 6.07 Å². The van der Waals surface area contributed by atoms with Crippen molar-refractivity contribution in [3.63, 3.8) is 0 Å². The summed E-state index contributed by atoms with van der Waals surface area (Å²) in [5.74, 6) is 0. The summed E-state index contributed by atoms with van der Waals surface area (Å²) in [5.41, 5.74) is 1.05. The van der Waals surface area contributed by atoms with E-state index in [2.05, 4.69) is 10.3 Å². The number of nitrogens with one attached hydrogen (secondary N) is 1. The summed E-state index contributed by atoms with van der Waals surface area (Å²) in [5, 5.41) is 3.54. The van der Waals surface area contributed by atoms with Gasteiger partial charge in [0, 0.05) is 6.54 Å². The summed E-state index contributed by atoms with van der Waals surface area (Å²) in [6, 6.07) is 3.51. The fourth-order valence-corrected chi connectivity index (χ4v) is 3.54. The van der Waals surface area contributed by atoms with Crippen LogP contribution in [0.1, 0.15) is 24.1 Å². The Morgan fingerprint density at radius 3 is 2.65 bits per heavy atom. The first kappa shape index (κ1) is 14.1. The topological polar surface area (TPSA) is 28.2 Å². The lowest BCUT2D eigenvalue weighted by molar-refractivity contribution is -0.162. The smallest absolute Gasteiger partial charge is 0.317 e. The molecule has 1 fully saturated rings. The van der Waals surface area contributed by atoms with E-state index in [-0.39, 0.29) is 6.54 Å². The highest BCUT2D eigenvalue weighted by Gasteiger charge is 2.49. The number of alkyl halides is 3. The van der Waals surface area contributed by atoms with Crippen LogP contribution in [0.25, 0.3) is 0 Å². The Bertz CT molecular complexity index is 512. The lowest BCUT2D eigenvalue weighted by Crippen LogP contribution is -2.51. The number of nitrogens with zero attached hydrogens (tertiary/aromatic N) is 2. The Morgan fingerprint density at radius 2 is 2.00 bits per heavy atom. The van der Waals surface area contributed by atoms with Crippen LogP contribution < -0.4 is 5.32 Å². The predicted molar refractivity (Wildman–Crippen MR) is 69.5 cm³/mol. The molecule has 3 rings (SSSR count). The van der Waals surface area contributed by atoms with Crippen LogP contribution in [-0.2, 0) is 12.1 Å². The third kappa shape index (κ3) is 2.40. The number of pyridine rings is 1. The molecular formula is C13H15ClF3N3. The molecule has 1 N–H and O–H groups in total. The zero-order valence-electron chi connectivity index (χ0n) is 10.8. The van der Waals surface area contributed by atoms with E-state index in [1.165, 1.54) is 4.90 Å². The number of aromatic nitrogens is 1. The Hall–Kier alpha value is -0.850. The van der Waals surface area contributed by atoms with Gasteiger partial charge in [0.05, 0.1) is 17.8 Å². The number of rotatable bonds is 1. The molecule has 1 aromatic heterocycles. The average Bonchev–Trinajstić information content (AvgIpc) is 2.62. The molecule has 3 heterocycles. The maximum atomic E-state index is 12.8. The summed E-state index contributed by atoms with van der Waals surface area (Å²) in [7, 11) is 0. The SMILES string of the molecule is FC(F)(F)CN1Cc2nc(Cl)ccc2C12CCNCC2. The standard InChI is InChI=1S/C13H15ClF3N3/c14-11-2-1-9-10(19-11)7-20(8-13(15,16)17)12(9)3-5-18-6-4-12/h1-2,18H,3-8H2. The van der Waals surface area contributed by atoms with Gasteiger partial charge in [0.15, 0.2) is 0 Å². The summed E-state index contributed by atoms with van der Waals surface area (Å²) in [4.78, 5) is 5.74.